The Morgan fingerprint density at radius 2 is 1.38 bits per heavy atom. The van der Waals surface area contributed by atoms with E-state index in [1.165, 1.54) is 17.5 Å². The predicted octanol–water partition coefficient (Wildman–Crippen LogP) is 5.38. The van der Waals surface area contributed by atoms with Crippen molar-refractivity contribution in [3.63, 3.8) is 0 Å². The topological polar surface area (TPSA) is 70.3 Å². The molecule has 1 aromatic heterocycles. The summed E-state index contributed by atoms with van der Waals surface area (Å²) in [6.07, 6.45) is 1.38. The number of nitrogens with zero attached hydrogens (tertiary/aromatic N) is 2. The number of nitrogens with two attached hydrogens (primary N) is 1. The van der Waals surface area contributed by atoms with Crippen molar-refractivity contribution in [2.45, 2.75) is 33.6 Å². The highest BCUT2D eigenvalue weighted by atomic mass is 16.5. The SMILES string of the molecule is Cc1ccc(Oc2ncnc(Oc3ccc(C(C)C)cc3)c2N)cc1C. The minimum atomic E-state index is 0.263. The number of aromatic nitrogens is 2. The van der Waals surface area contributed by atoms with Crippen molar-refractivity contribution >= 4 is 5.69 Å². The Labute approximate surface area is 153 Å². The summed E-state index contributed by atoms with van der Waals surface area (Å²) in [5.41, 5.74) is 9.99. The molecule has 5 nitrogen and oxygen atoms in total. The molecule has 3 rings (SSSR count). The van der Waals surface area contributed by atoms with Crippen LogP contribution in [0.25, 0.3) is 0 Å². The number of hydrogen-bond donors (Lipinski definition) is 1. The third-order valence-corrected chi connectivity index (χ3v) is 4.26. The molecule has 0 bridgehead atoms. The monoisotopic (exact) mass is 349 g/mol. The standard InChI is InChI=1S/C21H23N3O2/c1-13(2)16-6-9-17(10-7-16)25-20-19(22)21(24-12-23-20)26-18-8-5-14(3)15(4)11-18/h5-13H,22H2,1-4H3. The number of hydrogen-bond acceptors (Lipinski definition) is 5. The van der Waals surface area contributed by atoms with Crippen LogP contribution in [0.3, 0.4) is 0 Å². The highest BCUT2D eigenvalue weighted by Crippen LogP contribution is 2.34. The maximum absolute atomic E-state index is 6.15. The van der Waals surface area contributed by atoms with Gasteiger partial charge in [-0.15, -0.1) is 0 Å². The van der Waals surface area contributed by atoms with Crippen LogP contribution in [0, 0.1) is 13.8 Å². The van der Waals surface area contributed by atoms with Gasteiger partial charge in [-0.25, -0.2) is 0 Å². The zero-order valence-corrected chi connectivity index (χ0v) is 15.5. The molecule has 0 atom stereocenters. The fraction of sp³-hybridized carbons (Fsp3) is 0.238. The summed E-state index contributed by atoms with van der Waals surface area (Å²) in [4.78, 5) is 8.25. The van der Waals surface area contributed by atoms with E-state index in [4.69, 9.17) is 15.2 Å². The first kappa shape index (κ1) is 17.7. The number of aryl methyl sites for hydroxylation is 2. The van der Waals surface area contributed by atoms with E-state index < -0.39 is 0 Å². The van der Waals surface area contributed by atoms with Gasteiger partial charge in [0, 0.05) is 0 Å². The van der Waals surface area contributed by atoms with Crippen LogP contribution in [-0.4, -0.2) is 9.97 Å². The van der Waals surface area contributed by atoms with Crippen LogP contribution in [0.4, 0.5) is 5.69 Å². The molecule has 26 heavy (non-hydrogen) atoms. The van der Waals surface area contributed by atoms with Crippen molar-refractivity contribution in [2.75, 3.05) is 5.73 Å². The Bertz CT molecular complexity index is 906. The molecule has 2 N–H and O–H groups in total. The summed E-state index contributed by atoms with van der Waals surface area (Å²) in [5.74, 6) is 2.35. The van der Waals surface area contributed by atoms with Gasteiger partial charge in [0.25, 0.3) is 0 Å². The molecule has 0 spiro atoms. The third-order valence-electron chi connectivity index (χ3n) is 4.26. The zero-order chi connectivity index (χ0) is 18.7. The number of ether oxygens (including phenoxy) is 2. The number of anilines is 1. The molecule has 0 aliphatic carbocycles. The lowest BCUT2D eigenvalue weighted by Gasteiger charge is -2.12. The number of nitrogen functional groups attached to an aromatic ring is 1. The average molecular weight is 349 g/mol. The van der Waals surface area contributed by atoms with Gasteiger partial charge in [-0.2, -0.15) is 9.97 Å². The van der Waals surface area contributed by atoms with E-state index in [1.807, 2.05) is 49.4 Å². The zero-order valence-electron chi connectivity index (χ0n) is 15.5. The highest BCUT2D eigenvalue weighted by Gasteiger charge is 2.13. The Hall–Kier alpha value is -3.08. The molecule has 0 aliphatic heterocycles. The fourth-order valence-corrected chi connectivity index (χ4v) is 2.45. The van der Waals surface area contributed by atoms with Crippen molar-refractivity contribution in [2.24, 2.45) is 0 Å². The van der Waals surface area contributed by atoms with Crippen LogP contribution in [-0.2, 0) is 0 Å². The smallest absolute Gasteiger partial charge is 0.249 e. The van der Waals surface area contributed by atoms with E-state index in [0.717, 1.165) is 5.56 Å². The van der Waals surface area contributed by atoms with Crippen molar-refractivity contribution in [3.8, 4) is 23.3 Å². The number of benzene rings is 2. The van der Waals surface area contributed by atoms with Crippen molar-refractivity contribution in [3.05, 3.63) is 65.5 Å². The normalized spacial score (nSPS) is 10.8. The van der Waals surface area contributed by atoms with E-state index in [9.17, 15) is 0 Å². The van der Waals surface area contributed by atoms with Crippen LogP contribution in [0.5, 0.6) is 23.3 Å². The van der Waals surface area contributed by atoms with E-state index in [1.54, 1.807) is 0 Å². The third kappa shape index (κ3) is 3.94. The van der Waals surface area contributed by atoms with E-state index in [0.29, 0.717) is 17.4 Å². The van der Waals surface area contributed by atoms with E-state index >= 15 is 0 Å². The lowest BCUT2D eigenvalue weighted by Crippen LogP contribution is -2.00. The summed E-state index contributed by atoms with van der Waals surface area (Å²) in [7, 11) is 0. The first-order chi connectivity index (χ1) is 12.4. The molecule has 0 aliphatic rings. The van der Waals surface area contributed by atoms with Gasteiger partial charge in [0.15, 0.2) is 5.69 Å². The quantitative estimate of drug-likeness (QED) is 0.669. The van der Waals surface area contributed by atoms with Crippen molar-refractivity contribution in [1.29, 1.82) is 0 Å². The molecule has 3 aromatic rings. The number of rotatable bonds is 5. The van der Waals surface area contributed by atoms with Crippen LogP contribution >= 0.6 is 0 Å². The van der Waals surface area contributed by atoms with Crippen LogP contribution in [0.15, 0.2) is 48.8 Å². The van der Waals surface area contributed by atoms with Gasteiger partial charge in [-0.3, -0.25) is 0 Å². The lowest BCUT2D eigenvalue weighted by atomic mass is 10.0. The van der Waals surface area contributed by atoms with Gasteiger partial charge >= 0.3 is 0 Å². The van der Waals surface area contributed by atoms with E-state index in [2.05, 4.69) is 30.7 Å². The molecule has 0 fully saturated rings. The Morgan fingerprint density at radius 3 is 1.96 bits per heavy atom. The summed E-state index contributed by atoms with van der Waals surface area (Å²) < 4.78 is 11.6. The molecular formula is C21H23N3O2. The summed E-state index contributed by atoms with van der Waals surface area (Å²) >= 11 is 0. The Kier molecular flexibility index (Phi) is 5.07. The second-order valence-corrected chi connectivity index (χ2v) is 6.57. The van der Waals surface area contributed by atoms with Gasteiger partial charge in [-0.05, 0) is 60.7 Å². The largest absolute Gasteiger partial charge is 0.437 e. The molecule has 134 valence electrons. The van der Waals surface area contributed by atoms with Gasteiger partial charge in [0.1, 0.15) is 17.8 Å². The lowest BCUT2D eigenvalue weighted by molar-refractivity contribution is 0.438. The Morgan fingerprint density at radius 1 is 0.808 bits per heavy atom. The van der Waals surface area contributed by atoms with Crippen LogP contribution < -0.4 is 15.2 Å². The summed E-state index contributed by atoms with van der Waals surface area (Å²) in [6, 6.07) is 13.7. The molecule has 0 saturated heterocycles. The molecule has 2 aromatic carbocycles. The maximum atomic E-state index is 6.15. The molecular weight excluding hydrogens is 326 g/mol. The second kappa shape index (κ2) is 7.44. The van der Waals surface area contributed by atoms with Crippen molar-refractivity contribution < 1.29 is 9.47 Å². The fourth-order valence-electron chi connectivity index (χ4n) is 2.45. The minimum Gasteiger partial charge on any atom is -0.437 e. The molecule has 1 heterocycles. The maximum Gasteiger partial charge on any atom is 0.249 e. The molecule has 0 amide bonds. The average Bonchev–Trinajstić information content (AvgIpc) is 2.62. The molecule has 5 heteroatoms. The second-order valence-electron chi connectivity index (χ2n) is 6.57. The summed E-state index contributed by atoms with van der Waals surface area (Å²) in [5, 5.41) is 0. The van der Waals surface area contributed by atoms with Gasteiger partial charge in [-0.1, -0.05) is 32.0 Å². The molecule has 0 unspecified atom stereocenters. The highest BCUT2D eigenvalue weighted by molar-refractivity contribution is 5.58. The Balaban J connectivity index is 1.81. The van der Waals surface area contributed by atoms with Crippen LogP contribution in [0.1, 0.15) is 36.5 Å². The molecule has 0 saturated carbocycles. The van der Waals surface area contributed by atoms with Crippen LogP contribution in [0.2, 0.25) is 0 Å². The minimum absolute atomic E-state index is 0.263. The predicted molar refractivity (Wildman–Crippen MR) is 103 cm³/mol. The van der Waals surface area contributed by atoms with Gasteiger partial charge < -0.3 is 15.2 Å². The molecule has 0 radical (unpaired) electrons. The van der Waals surface area contributed by atoms with Crippen molar-refractivity contribution in [1.82, 2.24) is 9.97 Å². The summed E-state index contributed by atoms with van der Waals surface area (Å²) in [6.45, 7) is 8.37. The first-order valence-electron chi connectivity index (χ1n) is 8.57. The van der Waals surface area contributed by atoms with Gasteiger partial charge in [0.2, 0.25) is 11.8 Å². The van der Waals surface area contributed by atoms with E-state index in [-0.39, 0.29) is 17.4 Å². The van der Waals surface area contributed by atoms with Gasteiger partial charge in [0.05, 0.1) is 0 Å². The first-order valence-corrected chi connectivity index (χ1v) is 8.57.